The van der Waals surface area contributed by atoms with E-state index < -0.39 is 79.1 Å². The van der Waals surface area contributed by atoms with Gasteiger partial charge in [-0.15, -0.1) is 0 Å². The minimum atomic E-state index is -2.59. The molecule has 158 valence electrons. The van der Waals surface area contributed by atoms with Crippen LogP contribution in [0.1, 0.15) is 12.8 Å². The SMILES string of the molecule is N[C@@H](CCC(=O)OC(C(=O)O)C(O)C(=O)O)C(=O)OC(C(=O)O)C(O)C(=O)O. The average molecular weight is 411 g/mol. The van der Waals surface area contributed by atoms with E-state index in [1.807, 2.05) is 0 Å². The zero-order valence-electron chi connectivity index (χ0n) is 13.8. The summed E-state index contributed by atoms with van der Waals surface area (Å²) < 4.78 is 8.53. The highest BCUT2D eigenvalue weighted by Crippen LogP contribution is 2.08. The number of hydrogen-bond donors (Lipinski definition) is 7. The van der Waals surface area contributed by atoms with Crippen molar-refractivity contribution in [2.75, 3.05) is 0 Å². The van der Waals surface area contributed by atoms with Crippen molar-refractivity contribution in [2.24, 2.45) is 5.73 Å². The summed E-state index contributed by atoms with van der Waals surface area (Å²) in [6.07, 6.45) is -11.4. The molecule has 0 aliphatic carbocycles. The molecule has 0 aromatic rings. The molecule has 0 fully saturated rings. The van der Waals surface area contributed by atoms with Crippen molar-refractivity contribution in [3.8, 4) is 0 Å². The van der Waals surface area contributed by atoms with Crippen molar-refractivity contribution in [1.29, 1.82) is 0 Å². The zero-order valence-corrected chi connectivity index (χ0v) is 13.8. The molecule has 0 amide bonds. The van der Waals surface area contributed by atoms with Crippen LogP contribution in [0.4, 0.5) is 0 Å². The standard InChI is InChI=1S/C13H17NO14/c14-3(13(26)28-8(12(24)25)6(17)10(20)21)1-2-4(15)27-7(11(22)23)5(16)9(18)19/h3,5-8,16-17H,1-2,14H2,(H,18,19)(H,20,21)(H,22,23)(H,24,25)/t3-,5?,6?,7?,8?/m0/s1. The summed E-state index contributed by atoms with van der Waals surface area (Å²) in [6, 6.07) is -1.71. The zero-order chi connectivity index (χ0) is 22.2. The number of carbonyl (C=O) groups is 6. The molecule has 0 aliphatic heterocycles. The largest absolute Gasteiger partial charge is 0.479 e. The first-order valence-corrected chi connectivity index (χ1v) is 7.22. The summed E-state index contributed by atoms with van der Waals surface area (Å²) in [5.74, 6) is -10.8. The fourth-order valence-electron chi connectivity index (χ4n) is 1.56. The molecule has 5 atom stereocenters. The molecule has 0 aromatic heterocycles. The Morgan fingerprint density at radius 1 is 0.714 bits per heavy atom. The predicted molar refractivity (Wildman–Crippen MR) is 79.5 cm³/mol. The lowest BCUT2D eigenvalue weighted by molar-refractivity contribution is -0.180. The van der Waals surface area contributed by atoms with Crippen LogP contribution in [-0.4, -0.2) is 96.9 Å². The van der Waals surface area contributed by atoms with Crippen LogP contribution in [0.2, 0.25) is 0 Å². The van der Waals surface area contributed by atoms with Gasteiger partial charge in [-0.3, -0.25) is 9.59 Å². The van der Waals surface area contributed by atoms with Gasteiger partial charge < -0.3 is 45.8 Å². The van der Waals surface area contributed by atoms with E-state index in [1.54, 1.807) is 0 Å². The summed E-state index contributed by atoms with van der Waals surface area (Å²) in [4.78, 5) is 65.9. The lowest BCUT2D eigenvalue weighted by Crippen LogP contribution is -2.46. The molecule has 0 aromatic carbocycles. The topological polar surface area (TPSA) is 268 Å². The van der Waals surface area contributed by atoms with Crippen LogP contribution in [0.25, 0.3) is 0 Å². The van der Waals surface area contributed by atoms with Gasteiger partial charge in [-0.1, -0.05) is 0 Å². The minimum absolute atomic E-state index is 0.608. The lowest BCUT2D eigenvalue weighted by atomic mass is 10.1. The van der Waals surface area contributed by atoms with Crippen molar-refractivity contribution in [2.45, 2.75) is 43.3 Å². The van der Waals surface area contributed by atoms with Crippen molar-refractivity contribution < 1.29 is 68.9 Å². The number of aliphatic hydroxyl groups excluding tert-OH is 2. The van der Waals surface area contributed by atoms with Crippen LogP contribution in [-0.2, 0) is 38.2 Å². The van der Waals surface area contributed by atoms with Gasteiger partial charge in [0.25, 0.3) is 0 Å². The molecule has 8 N–H and O–H groups in total. The van der Waals surface area contributed by atoms with E-state index >= 15 is 0 Å². The first-order chi connectivity index (χ1) is 12.8. The van der Waals surface area contributed by atoms with Crippen LogP contribution in [0.15, 0.2) is 0 Å². The Morgan fingerprint density at radius 3 is 1.46 bits per heavy atom. The average Bonchev–Trinajstić information content (AvgIpc) is 2.59. The third kappa shape index (κ3) is 7.52. The Kier molecular flexibility index (Phi) is 9.49. The van der Waals surface area contributed by atoms with Crippen LogP contribution in [0.5, 0.6) is 0 Å². The quantitative estimate of drug-likeness (QED) is 0.151. The number of ether oxygens (including phenoxy) is 2. The van der Waals surface area contributed by atoms with Crippen molar-refractivity contribution >= 4 is 35.8 Å². The second-order valence-corrected chi connectivity index (χ2v) is 5.16. The van der Waals surface area contributed by atoms with Crippen LogP contribution in [0.3, 0.4) is 0 Å². The molecule has 15 nitrogen and oxygen atoms in total. The maximum Gasteiger partial charge on any atom is 0.348 e. The maximum atomic E-state index is 11.6. The number of carbonyl (C=O) groups excluding carboxylic acids is 2. The first kappa shape index (κ1) is 24.7. The van der Waals surface area contributed by atoms with Gasteiger partial charge in [0.15, 0.2) is 12.2 Å². The summed E-state index contributed by atoms with van der Waals surface area (Å²) in [6.45, 7) is 0. The molecule has 0 heterocycles. The molecule has 0 saturated carbocycles. The van der Waals surface area contributed by atoms with Crippen molar-refractivity contribution in [1.82, 2.24) is 0 Å². The smallest absolute Gasteiger partial charge is 0.348 e. The fourth-order valence-corrected chi connectivity index (χ4v) is 1.56. The van der Waals surface area contributed by atoms with E-state index in [4.69, 9.17) is 36.4 Å². The molecule has 0 radical (unpaired) electrons. The molecule has 0 aliphatic rings. The molecule has 0 saturated heterocycles. The highest BCUT2D eigenvalue weighted by Gasteiger charge is 2.38. The van der Waals surface area contributed by atoms with Gasteiger partial charge in [0.05, 0.1) is 0 Å². The Labute approximate surface area is 154 Å². The van der Waals surface area contributed by atoms with Gasteiger partial charge >= 0.3 is 35.8 Å². The molecule has 0 spiro atoms. The normalized spacial score (nSPS) is 16.0. The number of carboxylic acids is 4. The third-order valence-electron chi connectivity index (χ3n) is 3.03. The summed E-state index contributed by atoms with van der Waals surface area (Å²) in [5.41, 5.74) is 5.32. The summed E-state index contributed by atoms with van der Waals surface area (Å²) in [7, 11) is 0. The highest BCUT2D eigenvalue weighted by atomic mass is 16.6. The molecule has 15 heteroatoms. The van der Waals surface area contributed by atoms with E-state index in [1.165, 1.54) is 0 Å². The number of nitrogens with two attached hydrogens (primary N) is 1. The second kappa shape index (κ2) is 10.8. The number of hydrogen-bond acceptors (Lipinski definition) is 11. The van der Waals surface area contributed by atoms with Crippen LogP contribution in [0, 0.1) is 0 Å². The molecular formula is C13H17NO14. The van der Waals surface area contributed by atoms with Gasteiger partial charge in [0, 0.05) is 6.42 Å². The molecule has 4 unspecified atom stereocenters. The van der Waals surface area contributed by atoms with E-state index in [0.29, 0.717) is 0 Å². The van der Waals surface area contributed by atoms with E-state index in [2.05, 4.69) is 9.47 Å². The molecule has 0 bridgehead atoms. The van der Waals surface area contributed by atoms with E-state index in [0.717, 1.165) is 0 Å². The van der Waals surface area contributed by atoms with Gasteiger partial charge in [-0.25, -0.2) is 19.2 Å². The number of carboxylic acid groups (broad SMARTS) is 4. The number of rotatable bonds is 12. The monoisotopic (exact) mass is 411 g/mol. The molecular weight excluding hydrogens is 394 g/mol. The lowest BCUT2D eigenvalue weighted by Gasteiger charge is -2.19. The van der Waals surface area contributed by atoms with E-state index in [-0.39, 0.29) is 0 Å². The summed E-state index contributed by atoms with van der Waals surface area (Å²) in [5, 5.41) is 52.8. The van der Waals surface area contributed by atoms with Crippen molar-refractivity contribution in [3.63, 3.8) is 0 Å². The minimum Gasteiger partial charge on any atom is -0.479 e. The second-order valence-electron chi connectivity index (χ2n) is 5.16. The van der Waals surface area contributed by atoms with Crippen LogP contribution < -0.4 is 5.73 Å². The summed E-state index contributed by atoms with van der Waals surface area (Å²) >= 11 is 0. The Balaban J connectivity index is 4.79. The van der Waals surface area contributed by atoms with Gasteiger partial charge in [0.1, 0.15) is 6.04 Å². The number of aliphatic carboxylic acids is 4. The van der Waals surface area contributed by atoms with Gasteiger partial charge in [-0.05, 0) is 6.42 Å². The molecule has 28 heavy (non-hydrogen) atoms. The first-order valence-electron chi connectivity index (χ1n) is 7.22. The third-order valence-corrected chi connectivity index (χ3v) is 3.03. The predicted octanol–water partition coefficient (Wildman–Crippen LogP) is -4.02. The Morgan fingerprint density at radius 2 is 1.11 bits per heavy atom. The molecule has 0 rings (SSSR count). The maximum absolute atomic E-state index is 11.6. The number of aliphatic hydroxyl groups is 2. The van der Waals surface area contributed by atoms with Crippen molar-refractivity contribution in [3.05, 3.63) is 0 Å². The van der Waals surface area contributed by atoms with Gasteiger partial charge in [0.2, 0.25) is 12.2 Å². The van der Waals surface area contributed by atoms with E-state index in [9.17, 15) is 28.8 Å². The van der Waals surface area contributed by atoms with Crippen LogP contribution >= 0.6 is 0 Å². The Bertz CT molecular complexity index is 645. The Hall–Kier alpha value is -3.30. The van der Waals surface area contributed by atoms with Gasteiger partial charge in [-0.2, -0.15) is 0 Å². The fraction of sp³-hybridized carbons (Fsp3) is 0.538. The number of esters is 2. The highest BCUT2D eigenvalue weighted by molar-refractivity contribution is 5.87.